The standard InChI is InChI=1S/C14H17NO3/c1-9-2-12-13(18-8-17-12)3-11(9)14(6-16-7-14)10-4-15-5-10/h2-3,10,15H,4-8H2,1H3. The smallest absolute Gasteiger partial charge is 0.231 e. The van der Waals surface area contributed by atoms with E-state index in [1.807, 2.05) is 0 Å². The molecule has 0 aromatic heterocycles. The molecule has 3 aliphatic heterocycles. The number of hydrogen-bond acceptors (Lipinski definition) is 4. The topological polar surface area (TPSA) is 39.7 Å². The lowest BCUT2D eigenvalue weighted by Gasteiger charge is -2.52. The van der Waals surface area contributed by atoms with Crippen LogP contribution in [0.4, 0.5) is 0 Å². The van der Waals surface area contributed by atoms with Gasteiger partial charge in [0.15, 0.2) is 11.5 Å². The molecule has 0 atom stereocenters. The molecule has 0 bridgehead atoms. The van der Waals surface area contributed by atoms with Crippen LogP contribution in [0.5, 0.6) is 11.5 Å². The second-order valence-electron chi connectivity index (χ2n) is 5.52. The van der Waals surface area contributed by atoms with Crippen molar-refractivity contribution >= 4 is 0 Å². The van der Waals surface area contributed by atoms with E-state index in [1.165, 1.54) is 11.1 Å². The third-order valence-corrected chi connectivity index (χ3v) is 4.54. The average molecular weight is 247 g/mol. The minimum atomic E-state index is 0.191. The van der Waals surface area contributed by atoms with Crippen molar-refractivity contribution in [3.05, 3.63) is 23.3 Å². The van der Waals surface area contributed by atoms with Crippen molar-refractivity contribution in [2.45, 2.75) is 12.3 Å². The summed E-state index contributed by atoms with van der Waals surface area (Å²) in [7, 11) is 0. The first-order chi connectivity index (χ1) is 8.79. The third kappa shape index (κ3) is 1.27. The second-order valence-corrected chi connectivity index (χ2v) is 5.52. The summed E-state index contributed by atoms with van der Waals surface area (Å²) in [6.45, 7) is 6.35. The third-order valence-electron chi connectivity index (χ3n) is 4.54. The first-order valence-electron chi connectivity index (χ1n) is 6.49. The minimum absolute atomic E-state index is 0.191. The maximum absolute atomic E-state index is 5.52. The molecule has 2 fully saturated rings. The highest BCUT2D eigenvalue weighted by Crippen LogP contribution is 2.46. The Kier molecular flexibility index (Phi) is 2.14. The van der Waals surface area contributed by atoms with Gasteiger partial charge in [0, 0.05) is 18.5 Å². The lowest BCUT2D eigenvalue weighted by Crippen LogP contribution is -2.62. The van der Waals surface area contributed by atoms with Crippen LogP contribution in [0.25, 0.3) is 0 Å². The molecular weight excluding hydrogens is 230 g/mol. The molecule has 96 valence electrons. The zero-order valence-electron chi connectivity index (χ0n) is 10.5. The van der Waals surface area contributed by atoms with E-state index in [0.29, 0.717) is 12.7 Å². The van der Waals surface area contributed by atoms with Crippen LogP contribution >= 0.6 is 0 Å². The van der Waals surface area contributed by atoms with Crippen LogP contribution in [0, 0.1) is 12.8 Å². The Morgan fingerprint density at radius 3 is 2.44 bits per heavy atom. The lowest BCUT2D eigenvalue weighted by molar-refractivity contribution is -0.101. The predicted octanol–water partition coefficient (Wildman–Crippen LogP) is 1.21. The van der Waals surface area contributed by atoms with Gasteiger partial charge in [0.05, 0.1) is 13.2 Å². The molecule has 3 aliphatic rings. The van der Waals surface area contributed by atoms with Crippen LogP contribution in [0.2, 0.25) is 0 Å². The van der Waals surface area contributed by atoms with Gasteiger partial charge in [-0.1, -0.05) is 0 Å². The summed E-state index contributed by atoms with van der Waals surface area (Å²) in [6.07, 6.45) is 0. The summed E-state index contributed by atoms with van der Waals surface area (Å²) in [5, 5.41) is 3.37. The Balaban J connectivity index is 1.79. The molecule has 0 spiro atoms. The number of fused-ring (bicyclic) bond motifs is 1. The first-order valence-corrected chi connectivity index (χ1v) is 6.49. The summed E-state index contributed by atoms with van der Waals surface area (Å²) in [5.74, 6) is 2.44. The summed E-state index contributed by atoms with van der Waals surface area (Å²) < 4.78 is 16.5. The Hall–Kier alpha value is -1.26. The molecule has 3 heterocycles. The molecule has 18 heavy (non-hydrogen) atoms. The molecule has 0 aliphatic carbocycles. The van der Waals surface area contributed by atoms with E-state index in [-0.39, 0.29) is 5.41 Å². The van der Waals surface area contributed by atoms with Gasteiger partial charge in [0.25, 0.3) is 0 Å². The van der Waals surface area contributed by atoms with Crippen molar-refractivity contribution in [3.8, 4) is 11.5 Å². The highest BCUT2D eigenvalue weighted by molar-refractivity contribution is 5.51. The molecule has 4 rings (SSSR count). The lowest BCUT2D eigenvalue weighted by atomic mass is 9.65. The van der Waals surface area contributed by atoms with Crippen molar-refractivity contribution < 1.29 is 14.2 Å². The first kappa shape index (κ1) is 10.6. The number of nitrogens with one attached hydrogen (secondary N) is 1. The van der Waals surface area contributed by atoms with Crippen molar-refractivity contribution in [1.82, 2.24) is 5.32 Å². The fourth-order valence-corrected chi connectivity index (χ4v) is 3.19. The maximum atomic E-state index is 5.52. The van der Waals surface area contributed by atoms with E-state index in [2.05, 4.69) is 24.4 Å². The maximum Gasteiger partial charge on any atom is 0.231 e. The van der Waals surface area contributed by atoms with Gasteiger partial charge in [0.1, 0.15) is 0 Å². The Bertz CT molecular complexity index is 492. The zero-order valence-corrected chi connectivity index (χ0v) is 10.5. The van der Waals surface area contributed by atoms with Crippen LogP contribution in [0.3, 0.4) is 0 Å². The van der Waals surface area contributed by atoms with Gasteiger partial charge < -0.3 is 19.5 Å². The summed E-state index contributed by atoms with van der Waals surface area (Å²) in [5.41, 5.74) is 2.86. The van der Waals surface area contributed by atoms with E-state index in [1.54, 1.807) is 0 Å². The predicted molar refractivity (Wildman–Crippen MR) is 66.2 cm³/mol. The molecular formula is C14H17NO3. The molecule has 0 saturated carbocycles. The molecule has 4 heteroatoms. The molecule has 0 amide bonds. The van der Waals surface area contributed by atoms with Gasteiger partial charge in [-0.15, -0.1) is 0 Å². The largest absolute Gasteiger partial charge is 0.454 e. The van der Waals surface area contributed by atoms with Gasteiger partial charge in [0.2, 0.25) is 6.79 Å². The summed E-state index contributed by atoms with van der Waals surface area (Å²) >= 11 is 0. The Labute approximate surface area is 106 Å². The van der Waals surface area contributed by atoms with Gasteiger partial charge in [-0.05, 0) is 36.1 Å². The minimum Gasteiger partial charge on any atom is -0.454 e. The molecule has 0 unspecified atom stereocenters. The molecule has 1 aromatic rings. The number of hydrogen-bond donors (Lipinski definition) is 1. The van der Waals surface area contributed by atoms with Gasteiger partial charge in [-0.25, -0.2) is 0 Å². The number of ether oxygens (including phenoxy) is 3. The zero-order chi connectivity index (χ0) is 12.2. The van der Waals surface area contributed by atoms with Crippen LogP contribution < -0.4 is 14.8 Å². The van der Waals surface area contributed by atoms with Crippen molar-refractivity contribution in [3.63, 3.8) is 0 Å². The second kappa shape index (κ2) is 3.62. The number of benzene rings is 1. The monoisotopic (exact) mass is 247 g/mol. The van der Waals surface area contributed by atoms with Crippen LogP contribution in [-0.2, 0) is 10.2 Å². The van der Waals surface area contributed by atoms with Crippen LogP contribution in [0.1, 0.15) is 11.1 Å². The fourth-order valence-electron chi connectivity index (χ4n) is 3.19. The summed E-state index contributed by atoms with van der Waals surface area (Å²) in [6, 6.07) is 4.27. The molecule has 1 N–H and O–H groups in total. The van der Waals surface area contributed by atoms with Gasteiger partial charge in [-0.3, -0.25) is 0 Å². The van der Waals surface area contributed by atoms with E-state index in [0.717, 1.165) is 37.8 Å². The van der Waals surface area contributed by atoms with Crippen molar-refractivity contribution in [2.75, 3.05) is 33.1 Å². The fraction of sp³-hybridized carbons (Fsp3) is 0.571. The molecule has 2 saturated heterocycles. The molecule has 0 radical (unpaired) electrons. The van der Waals surface area contributed by atoms with Gasteiger partial charge in [-0.2, -0.15) is 0 Å². The number of aryl methyl sites for hydroxylation is 1. The van der Waals surface area contributed by atoms with E-state index in [9.17, 15) is 0 Å². The average Bonchev–Trinajstić information content (AvgIpc) is 2.66. The van der Waals surface area contributed by atoms with Gasteiger partial charge >= 0.3 is 0 Å². The molecule has 1 aromatic carbocycles. The normalized spacial score (nSPS) is 24.5. The summed E-state index contributed by atoms with van der Waals surface area (Å²) in [4.78, 5) is 0. The SMILES string of the molecule is Cc1cc2c(cc1C1(C3CNC3)COC1)OCO2. The quantitative estimate of drug-likeness (QED) is 0.852. The highest BCUT2D eigenvalue weighted by Gasteiger charge is 2.50. The molecule has 4 nitrogen and oxygen atoms in total. The van der Waals surface area contributed by atoms with E-state index in [4.69, 9.17) is 14.2 Å². The van der Waals surface area contributed by atoms with Crippen LogP contribution in [-0.4, -0.2) is 33.1 Å². The van der Waals surface area contributed by atoms with E-state index >= 15 is 0 Å². The Morgan fingerprint density at radius 1 is 1.17 bits per heavy atom. The Morgan fingerprint density at radius 2 is 1.89 bits per heavy atom. The number of rotatable bonds is 2. The van der Waals surface area contributed by atoms with Crippen molar-refractivity contribution in [2.24, 2.45) is 5.92 Å². The van der Waals surface area contributed by atoms with Crippen molar-refractivity contribution in [1.29, 1.82) is 0 Å². The van der Waals surface area contributed by atoms with Crippen LogP contribution in [0.15, 0.2) is 12.1 Å². The van der Waals surface area contributed by atoms with E-state index < -0.39 is 0 Å². The highest BCUT2D eigenvalue weighted by atomic mass is 16.7.